The first-order valence-electron chi connectivity index (χ1n) is 8.58. The van der Waals surface area contributed by atoms with Crippen molar-refractivity contribution in [2.45, 2.75) is 25.7 Å². The van der Waals surface area contributed by atoms with Crippen LogP contribution in [0.2, 0.25) is 0 Å². The molecule has 5 nitrogen and oxygen atoms in total. The fraction of sp³-hybridized carbons (Fsp3) is 0.556. The largest absolute Gasteiger partial charge is 0.355 e. The summed E-state index contributed by atoms with van der Waals surface area (Å²) < 4.78 is 2.12. The van der Waals surface area contributed by atoms with E-state index in [2.05, 4.69) is 26.3 Å². The van der Waals surface area contributed by atoms with Gasteiger partial charge in [-0.15, -0.1) is 0 Å². The van der Waals surface area contributed by atoms with E-state index in [9.17, 15) is 4.79 Å². The highest BCUT2D eigenvalue weighted by Crippen LogP contribution is 2.58. The lowest BCUT2D eigenvalue weighted by Crippen LogP contribution is -2.34. The number of para-hydroxylation sites is 2. The minimum absolute atomic E-state index is 0.241. The molecule has 1 aliphatic carbocycles. The lowest BCUT2D eigenvalue weighted by atomic mass is 9.92. The van der Waals surface area contributed by atoms with Crippen LogP contribution >= 0.6 is 0 Å². The number of aromatic nitrogens is 2. The molecule has 23 heavy (non-hydrogen) atoms. The standard InChI is InChI=1S/C18H24N4O/c1-22-15-5-3-2-4-14(15)21-16(22)6-9-20-17(23)13-12-18(13)7-10-19-11-8-18/h2-5,13,19H,6-12H2,1H3,(H,20,23)/t13-/m0/s1. The molecule has 1 aliphatic heterocycles. The average molecular weight is 312 g/mol. The molecule has 2 aliphatic rings. The quantitative estimate of drug-likeness (QED) is 0.902. The second-order valence-electron chi connectivity index (χ2n) is 6.99. The number of rotatable bonds is 4. The zero-order valence-corrected chi connectivity index (χ0v) is 13.6. The van der Waals surface area contributed by atoms with Gasteiger partial charge < -0.3 is 15.2 Å². The molecule has 1 amide bonds. The minimum Gasteiger partial charge on any atom is -0.355 e. The van der Waals surface area contributed by atoms with Crippen LogP contribution in [0.4, 0.5) is 0 Å². The average Bonchev–Trinajstić information content (AvgIpc) is 3.17. The molecule has 2 fully saturated rings. The van der Waals surface area contributed by atoms with E-state index >= 15 is 0 Å². The normalized spacial score (nSPS) is 22.4. The van der Waals surface area contributed by atoms with Crippen molar-refractivity contribution < 1.29 is 4.79 Å². The van der Waals surface area contributed by atoms with Gasteiger partial charge >= 0.3 is 0 Å². The molecule has 1 spiro atoms. The summed E-state index contributed by atoms with van der Waals surface area (Å²) in [4.78, 5) is 17.0. The number of hydrogen-bond donors (Lipinski definition) is 2. The molecule has 1 aromatic carbocycles. The van der Waals surface area contributed by atoms with Gasteiger partial charge in [0.25, 0.3) is 0 Å². The number of fused-ring (bicyclic) bond motifs is 1. The Kier molecular flexibility index (Phi) is 3.60. The molecule has 5 heteroatoms. The van der Waals surface area contributed by atoms with E-state index in [0.717, 1.165) is 55.6 Å². The van der Waals surface area contributed by atoms with Gasteiger partial charge in [0.2, 0.25) is 5.91 Å². The van der Waals surface area contributed by atoms with Gasteiger partial charge in [-0.2, -0.15) is 0 Å². The molecular weight excluding hydrogens is 288 g/mol. The zero-order chi connectivity index (χ0) is 15.9. The number of nitrogens with one attached hydrogen (secondary N) is 2. The van der Waals surface area contributed by atoms with Gasteiger partial charge in [-0.1, -0.05) is 12.1 Å². The Morgan fingerprint density at radius 3 is 2.96 bits per heavy atom. The molecule has 2 N–H and O–H groups in total. The van der Waals surface area contributed by atoms with Crippen LogP contribution in [-0.2, 0) is 18.3 Å². The van der Waals surface area contributed by atoms with Crippen LogP contribution in [0, 0.1) is 11.3 Å². The predicted molar refractivity (Wildman–Crippen MR) is 90.1 cm³/mol. The summed E-state index contributed by atoms with van der Waals surface area (Å²) in [6.45, 7) is 2.79. The number of benzene rings is 1. The molecule has 0 radical (unpaired) electrons. The van der Waals surface area contributed by atoms with Gasteiger partial charge in [0.15, 0.2) is 0 Å². The van der Waals surface area contributed by atoms with Gasteiger partial charge in [0.1, 0.15) is 5.82 Å². The van der Waals surface area contributed by atoms with Crippen LogP contribution < -0.4 is 10.6 Å². The first-order valence-corrected chi connectivity index (χ1v) is 8.58. The number of hydrogen-bond acceptors (Lipinski definition) is 3. The SMILES string of the molecule is Cn1c(CCNC(=O)[C@@H]2CC23CCNCC3)nc2ccccc21. The van der Waals surface area contributed by atoms with Crippen molar-refractivity contribution in [2.75, 3.05) is 19.6 Å². The predicted octanol–water partition coefficient (Wildman–Crippen LogP) is 1.62. The Hall–Kier alpha value is -1.88. The topological polar surface area (TPSA) is 59.0 Å². The van der Waals surface area contributed by atoms with Crippen LogP contribution in [0.15, 0.2) is 24.3 Å². The number of aryl methyl sites for hydroxylation is 1. The monoisotopic (exact) mass is 312 g/mol. The van der Waals surface area contributed by atoms with E-state index in [1.165, 1.54) is 0 Å². The van der Waals surface area contributed by atoms with E-state index < -0.39 is 0 Å². The lowest BCUT2D eigenvalue weighted by molar-refractivity contribution is -0.123. The lowest BCUT2D eigenvalue weighted by Gasteiger charge is -2.23. The minimum atomic E-state index is 0.241. The van der Waals surface area contributed by atoms with Crippen molar-refractivity contribution in [3.05, 3.63) is 30.1 Å². The number of amides is 1. The second kappa shape index (κ2) is 5.64. The fourth-order valence-corrected chi connectivity index (χ4v) is 4.04. The van der Waals surface area contributed by atoms with Crippen LogP contribution in [0.3, 0.4) is 0 Å². The number of piperidine rings is 1. The van der Waals surface area contributed by atoms with Crippen LogP contribution in [0.5, 0.6) is 0 Å². The van der Waals surface area contributed by atoms with E-state index in [4.69, 9.17) is 0 Å². The van der Waals surface area contributed by atoms with Crippen molar-refractivity contribution in [3.63, 3.8) is 0 Å². The highest BCUT2D eigenvalue weighted by Gasteiger charge is 2.57. The Bertz CT molecular complexity index is 730. The first-order chi connectivity index (χ1) is 11.2. The van der Waals surface area contributed by atoms with Gasteiger partial charge in [-0.25, -0.2) is 4.98 Å². The Labute approximate surface area is 136 Å². The van der Waals surface area contributed by atoms with Crippen LogP contribution in [-0.4, -0.2) is 35.1 Å². The van der Waals surface area contributed by atoms with Crippen molar-refractivity contribution in [1.29, 1.82) is 0 Å². The maximum atomic E-state index is 12.4. The van der Waals surface area contributed by atoms with Crippen molar-refractivity contribution in [1.82, 2.24) is 20.2 Å². The molecule has 1 atom stereocenters. The zero-order valence-electron chi connectivity index (χ0n) is 13.6. The van der Waals surface area contributed by atoms with E-state index in [1.807, 2.05) is 25.2 Å². The summed E-state index contributed by atoms with van der Waals surface area (Å²) in [5.74, 6) is 1.51. The molecule has 4 rings (SSSR count). The molecule has 1 saturated carbocycles. The summed E-state index contributed by atoms with van der Waals surface area (Å²) >= 11 is 0. The molecular formula is C18H24N4O. The van der Waals surface area contributed by atoms with E-state index in [0.29, 0.717) is 12.0 Å². The third-order valence-electron chi connectivity index (χ3n) is 5.63. The van der Waals surface area contributed by atoms with Gasteiger partial charge in [-0.3, -0.25) is 4.79 Å². The number of carbonyl (C=O) groups excluding carboxylic acids is 1. The number of imidazole rings is 1. The number of carbonyl (C=O) groups is 1. The fourth-order valence-electron chi connectivity index (χ4n) is 4.04. The molecule has 122 valence electrons. The molecule has 1 aromatic heterocycles. The third kappa shape index (κ3) is 2.63. The second-order valence-corrected chi connectivity index (χ2v) is 6.99. The molecule has 2 heterocycles. The first kappa shape index (κ1) is 14.7. The Morgan fingerprint density at radius 2 is 2.17 bits per heavy atom. The summed E-state index contributed by atoms with van der Waals surface area (Å²) in [7, 11) is 2.04. The van der Waals surface area contributed by atoms with Crippen molar-refractivity contribution in [2.24, 2.45) is 18.4 Å². The van der Waals surface area contributed by atoms with Crippen LogP contribution in [0.25, 0.3) is 11.0 Å². The van der Waals surface area contributed by atoms with Crippen molar-refractivity contribution >= 4 is 16.9 Å². The van der Waals surface area contributed by atoms with Gasteiger partial charge in [0, 0.05) is 25.9 Å². The van der Waals surface area contributed by atoms with Crippen molar-refractivity contribution in [3.8, 4) is 0 Å². The summed E-state index contributed by atoms with van der Waals surface area (Å²) in [6, 6.07) is 8.14. The summed E-state index contributed by atoms with van der Waals surface area (Å²) in [5.41, 5.74) is 2.48. The number of nitrogens with zero attached hydrogens (tertiary/aromatic N) is 2. The van der Waals surface area contributed by atoms with Gasteiger partial charge in [0.05, 0.1) is 11.0 Å². The highest BCUT2D eigenvalue weighted by molar-refractivity contribution is 5.82. The van der Waals surface area contributed by atoms with Crippen LogP contribution in [0.1, 0.15) is 25.1 Å². The third-order valence-corrected chi connectivity index (χ3v) is 5.63. The summed E-state index contributed by atoms with van der Waals surface area (Å²) in [6.07, 6.45) is 4.15. The Morgan fingerprint density at radius 1 is 1.39 bits per heavy atom. The van der Waals surface area contributed by atoms with E-state index in [-0.39, 0.29) is 11.8 Å². The van der Waals surface area contributed by atoms with Gasteiger partial charge in [-0.05, 0) is 49.9 Å². The van der Waals surface area contributed by atoms with E-state index in [1.54, 1.807) is 0 Å². The molecule has 0 unspecified atom stereocenters. The summed E-state index contributed by atoms with van der Waals surface area (Å²) in [5, 5.41) is 6.50. The maximum absolute atomic E-state index is 12.4. The maximum Gasteiger partial charge on any atom is 0.223 e. The smallest absolute Gasteiger partial charge is 0.223 e. The molecule has 2 aromatic rings. The molecule has 1 saturated heterocycles. The Balaban J connectivity index is 1.33. The highest BCUT2D eigenvalue weighted by atomic mass is 16.2. The molecule has 0 bridgehead atoms.